The predicted molar refractivity (Wildman–Crippen MR) is 117 cm³/mol. The minimum atomic E-state index is -0.610. The number of hydrogen-bond acceptors (Lipinski definition) is 9. The molecule has 2 aromatic rings. The monoisotopic (exact) mass is 477 g/mol. The van der Waals surface area contributed by atoms with Crippen molar-refractivity contribution in [2.24, 2.45) is 0 Å². The molecule has 0 bridgehead atoms. The number of aromatic amines is 1. The molecular formula is C19H24FN9O5. The number of urea groups is 1. The first kappa shape index (κ1) is 23.0. The lowest BCUT2D eigenvalue weighted by atomic mass is 10.2. The van der Waals surface area contributed by atoms with Crippen LogP contribution in [-0.2, 0) is 14.4 Å². The van der Waals surface area contributed by atoms with E-state index in [9.17, 15) is 14.4 Å². The van der Waals surface area contributed by atoms with Crippen molar-refractivity contribution in [2.75, 3.05) is 60.2 Å². The molecule has 15 heteroatoms. The van der Waals surface area contributed by atoms with Gasteiger partial charge in [-0.05, 0) is 18.2 Å². The van der Waals surface area contributed by atoms with Crippen LogP contribution in [0.5, 0.6) is 0 Å². The molecule has 0 unspecified atom stereocenters. The minimum Gasteiger partial charge on any atom is -0.442 e. The number of carbonyl (C=O) groups excluding carboxylic acids is 3. The molecule has 1 atom stereocenters. The second-order valence-corrected chi connectivity index (χ2v) is 7.60. The molecule has 1 aromatic heterocycles. The maximum atomic E-state index is 15.0. The van der Waals surface area contributed by atoms with E-state index in [0.29, 0.717) is 24.5 Å². The number of hydroxylamine groups is 2. The fourth-order valence-corrected chi connectivity index (χ4v) is 3.56. The maximum absolute atomic E-state index is 15.0. The van der Waals surface area contributed by atoms with E-state index in [4.69, 9.17) is 15.3 Å². The van der Waals surface area contributed by atoms with E-state index in [1.165, 1.54) is 17.9 Å². The number of carbonyl (C=O) groups is 3. The second kappa shape index (κ2) is 9.78. The number of anilines is 4. The number of cyclic esters (lactones) is 1. The lowest BCUT2D eigenvalue weighted by molar-refractivity contribution is -0.119. The van der Waals surface area contributed by atoms with Crippen LogP contribution in [0.4, 0.5) is 37.3 Å². The van der Waals surface area contributed by atoms with E-state index in [1.54, 1.807) is 17.0 Å². The predicted octanol–water partition coefficient (Wildman–Crippen LogP) is 0.273. The van der Waals surface area contributed by atoms with Crippen LogP contribution >= 0.6 is 0 Å². The summed E-state index contributed by atoms with van der Waals surface area (Å²) in [5.41, 5.74) is 6.08. The van der Waals surface area contributed by atoms with Gasteiger partial charge in [-0.25, -0.2) is 19.0 Å². The molecule has 4 rings (SSSR count). The highest BCUT2D eigenvalue weighted by atomic mass is 19.1. The van der Waals surface area contributed by atoms with Gasteiger partial charge < -0.3 is 20.7 Å². The zero-order chi connectivity index (χ0) is 24.2. The van der Waals surface area contributed by atoms with Crippen molar-refractivity contribution >= 4 is 41.3 Å². The fourth-order valence-electron chi connectivity index (χ4n) is 3.56. The first-order chi connectivity index (χ1) is 16.3. The first-order valence-corrected chi connectivity index (χ1v) is 10.5. The van der Waals surface area contributed by atoms with Crippen molar-refractivity contribution in [1.29, 1.82) is 0 Å². The summed E-state index contributed by atoms with van der Waals surface area (Å²) in [7, 11) is 0. The van der Waals surface area contributed by atoms with Crippen LogP contribution in [0.25, 0.3) is 0 Å². The van der Waals surface area contributed by atoms with E-state index in [2.05, 4.69) is 25.8 Å². The molecular weight excluding hydrogens is 453 g/mol. The lowest BCUT2D eigenvalue weighted by Crippen LogP contribution is -2.37. The standard InChI is InChI=1S/C19H24FN9O5/c1-11(30)22-9-13-10-28(19(32)34-13)12-2-3-15(14(20)8-12)27-4-5-29(33-7-6-27)18(31)24-17-23-16(21)25-26-17/h2-3,8,13H,4-7,9-10H2,1H3,(H,22,30)(H4,21,23,24,25,26,31)/t13-/m0/s1. The van der Waals surface area contributed by atoms with Gasteiger partial charge in [0.2, 0.25) is 17.8 Å². The smallest absolute Gasteiger partial charge is 0.414 e. The fraction of sp³-hybridized carbons (Fsp3) is 0.421. The van der Waals surface area contributed by atoms with E-state index in [-0.39, 0.29) is 44.0 Å². The Bertz CT molecular complexity index is 1080. The average molecular weight is 477 g/mol. The van der Waals surface area contributed by atoms with Gasteiger partial charge in [-0.1, -0.05) is 0 Å². The van der Waals surface area contributed by atoms with Crippen LogP contribution in [0.3, 0.4) is 0 Å². The Kier molecular flexibility index (Phi) is 6.62. The molecule has 2 aliphatic rings. The van der Waals surface area contributed by atoms with Crippen molar-refractivity contribution in [3.63, 3.8) is 0 Å². The third-order valence-electron chi connectivity index (χ3n) is 5.17. The normalized spacial score (nSPS) is 18.5. The third-order valence-corrected chi connectivity index (χ3v) is 5.17. The summed E-state index contributed by atoms with van der Waals surface area (Å²) in [6.45, 7) is 2.66. The van der Waals surface area contributed by atoms with E-state index >= 15 is 4.39 Å². The molecule has 182 valence electrons. The summed E-state index contributed by atoms with van der Waals surface area (Å²) in [6.07, 6.45) is -1.13. The highest BCUT2D eigenvalue weighted by molar-refractivity contribution is 5.90. The number of nitrogens with zero attached hydrogens (tertiary/aromatic N) is 5. The third kappa shape index (κ3) is 5.25. The highest BCUT2D eigenvalue weighted by Gasteiger charge is 2.33. The summed E-state index contributed by atoms with van der Waals surface area (Å²) in [4.78, 5) is 46.7. The van der Waals surface area contributed by atoms with Crippen molar-refractivity contribution in [1.82, 2.24) is 25.6 Å². The summed E-state index contributed by atoms with van der Waals surface area (Å²) >= 11 is 0. The Labute approximate surface area is 193 Å². The molecule has 2 fully saturated rings. The average Bonchev–Trinajstić information content (AvgIpc) is 3.27. The molecule has 1 aromatic carbocycles. The Morgan fingerprint density at radius 3 is 2.82 bits per heavy atom. The van der Waals surface area contributed by atoms with Crippen LogP contribution in [0, 0.1) is 5.82 Å². The molecule has 2 saturated heterocycles. The Balaban J connectivity index is 1.37. The zero-order valence-electron chi connectivity index (χ0n) is 18.3. The Hall–Kier alpha value is -4.14. The van der Waals surface area contributed by atoms with Crippen molar-refractivity contribution in [3.8, 4) is 0 Å². The molecule has 0 saturated carbocycles. The van der Waals surface area contributed by atoms with Gasteiger partial charge in [0.1, 0.15) is 11.9 Å². The van der Waals surface area contributed by atoms with Crippen LogP contribution in [0.2, 0.25) is 0 Å². The molecule has 2 aliphatic heterocycles. The van der Waals surface area contributed by atoms with Gasteiger partial charge in [0.05, 0.1) is 37.6 Å². The van der Waals surface area contributed by atoms with Crippen LogP contribution < -0.4 is 26.2 Å². The number of nitrogens with one attached hydrogen (secondary N) is 3. The van der Waals surface area contributed by atoms with Gasteiger partial charge in [0, 0.05) is 20.0 Å². The number of ether oxygens (including phenoxy) is 1. The van der Waals surface area contributed by atoms with Crippen LogP contribution in [-0.4, -0.2) is 83.7 Å². The first-order valence-electron chi connectivity index (χ1n) is 10.5. The number of nitrogens with two attached hydrogens (primary N) is 1. The number of H-pyrrole nitrogens is 1. The zero-order valence-corrected chi connectivity index (χ0v) is 18.3. The van der Waals surface area contributed by atoms with Gasteiger partial charge in [-0.15, -0.1) is 10.2 Å². The molecule has 34 heavy (non-hydrogen) atoms. The van der Waals surface area contributed by atoms with Gasteiger partial charge in [-0.2, -0.15) is 0 Å². The van der Waals surface area contributed by atoms with E-state index in [1.807, 2.05) is 0 Å². The van der Waals surface area contributed by atoms with Crippen LogP contribution in [0.1, 0.15) is 6.92 Å². The Morgan fingerprint density at radius 1 is 1.29 bits per heavy atom. The molecule has 14 nitrogen and oxygen atoms in total. The van der Waals surface area contributed by atoms with Crippen molar-refractivity contribution in [3.05, 3.63) is 24.0 Å². The summed E-state index contributed by atoms with van der Waals surface area (Å²) in [5, 5.41) is 13.4. The van der Waals surface area contributed by atoms with Crippen molar-refractivity contribution < 1.29 is 28.3 Å². The van der Waals surface area contributed by atoms with E-state index in [0.717, 1.165) is 5.06 Å². The van der Waals surface area contributed by atoms with Gasteiger partial charge in [0.25, 0.3) is 0 Å². The van der Waals surface area contributed by atoms with Crippen molar-refractivity contribution in [2.45, 2.75) is 13.0 Å². The number of aromatic nitrogens is 3. The highest BCUT2D eigenvalue weighted by Crippen LogP contribution is 2.28. The minimum absolute atomic E-state index is 0.0580. The molecule has 0 aliphatic carbocycles. The number of halogens is 1. The van der Waals surface area contributed by atoms with E-state index < -0.39 is 24.0 Å². The number of nitrogen functional groups attached to an aromatic ring is 1. The molecule has 0 spiro atoms. The number of rotatable bonds is 5. The number of hydrogen-bond donors (Lipinski definition) is 4. The SMILES string of the molecule is CC(=O)NC[C@H]1CN(c2ccc(N3CCON(C(=O)Nc4nnc(N)[nH]4)CC3)c(F)c2)C(=O)O1. The topological polar surface area (TPSA) is 171 Å². The number of benzene rings is 1. The molecule has 5 N–H and O–H groups in total. The summed E-state index contributed by atoms with van der Waals surface area (Å²) in [5.74, 6) is -0.632. The molecule has 3 heterocycles. The van der Waals surface area contributed by atoms with Gasteiger partial charge >= 0.3 is 12.1 Å². The summed E-state index contributed by atoms with van der Waals surface area (Å²) < 4.78 is 20.2. The lowest BCUT2D eigenvalue weighted by Gasteiger charge is -2.23. The largest absolute Gasteiger partial charge is 0.442 e. The second-order valence-electron chi connectivity index (χ2n) is 7.60. The van der Waals surface area contributed by atoms with Gasteiger partial charge in [-0.3, -0.25) is 24.8 Å². The van der Waals surface area contributed by atoms with Gasteiger partial charge in [0.15, 0.2) is 0 Å². The quantitative estimate of drug-likeness (QED) is 0.472. The summed E-state index contributed by atoms with van der Waals surface area (Å²) in [6, 6.07) is 3.86. The maximum Gasteiger partial charge on any atom is 0.414 e. The molecule has 0 radical (unpaired) electrons. The van der Waals surface area contributed by atoms with Crippen LogP contribution in [0.15, 0.2) is 18.2 Å². The Morgan fingerprint density at radius 2 is 2.12 bits per heavy atom. The number of amides is 4. The molecule has 4 amide bonds.